The molecule has 25 heavy (non-hydrogen) atoms. The van der Waals surface area contributed by atoms with Crippen LogP contribution in [0.5, 0.6) is 0 Å². The van der Waals surface area contributed by atoms with Crippen molar-refractivity contribution in [2.75, 3.05) is 16.8 Å². The van der Waals surface area contributed by atoms with Crippen LogP contribution >= 0.6 is 0 Å². The zero-order valence-corrected chi connectivity index (χ0v) is 15.2. The molecule has 0 saturated carbocycles. The van der Waals surface area contributed by atoms with Gasteiger partial charge in [0.25, 0.3) is 0 Å². The molecule has 0 spiro atoms. The Balaban J connectivity index is 1.91. The van der Waals surface area contributed by atoms with E-state index in [4.69, 9.17) is 4.98 Å². The molecule has 1 aromatic heterocycles. The Kier molecular flexibility index (Phi) is 4.98. The van der Waals surface area contributed by atoms with Crippen LogP contribution in [0.4, 0.5) is 23.1 Å². The lowest BCUT2D eigenvalue weighted by Crippen LogP contribution is -2.18. The fourth-order valence-corrected chi connectivity index (χ4v) is 2.82. The van der Waals surface area contributed by atoms with E-state index >= 15 is 0 Å². The number of nitrogens with one attached hydrogen (secondary N) is 1. The molecule has 3 aromatic rings. The summed E-state index contributed by atoms with van der Waals surface area (Å²) in [6.45, 7) is 9.23. The van der Waals surface area contributed by atoms with Gasteiger partial charge in [-0.25, -0.2) is 4.98 Å². The summed E-state index contributed by atoms with van der Waals surface area (Å²) in [7, 11) is 0. The molecule has 0 radical (unpaired) electrons. The summed E-state index contributed by atoms with van der Waals surface area (Å²) >= 11 is 0. The first-order valence-electron chi connectivity index (χ1n) is 8.58. The largest absolute Gasteiger partial charge is 0.326 e. The van der Waals surface area contributed by atoms with E-state index < -0.39 is 0 Å². The maximum absolute atomic E-state index is 4.72. The molecule has 4 heteroatoms. The third-order valence-corrected chi connectivity index (χ3v) is 4.19. The minimum Gasteiger partial charge on any atom is -0.326 e. The summed E-state index contributed by atoms with van der Waals surface area (Å²) < 4.78 is 0. The second-order valence-corrected chi connectivity index (χ2v) is 6.27. The summed E-state index contributed by atoms with van der Waals surface area (Å²) in [5, 5.41) is 3.35. The van der Waals surface area contributed by atoms with Gasteiger partial charge in [0, 0.05) is 24.1 Å². The van der Waals surface area contributed by atoms with E-state index in [1.807, 2.05) is 6.07 Å². The number of aryl methyl sites for hydroxylation is 3. The molecule has 0 fully saturated rings. The maximum Gasteiger partial charge on any atom is 0.229 e. The highest BCUT2D eigenvalue weighted by Gasteiger charge is 2.10. The minimum absolute atomic E-state index is 0.609. The standard InChI is InChI=1S/C21H24N4/c1-5-25(18-8-6-7-15(2)13-18)20-11-12-22-21(24-20)23-19-14-16(3)9-10-17(19)4/h6-14H,5H2,1-4H3,(H,22,23,24). The summed E-state index contributed by atoms with van der Waals surface area (Å²) in [6, 6.07) is 16.7. The van der Waals surface area contributed by atoms with Gasteiger partial charge in [0.05, 0.1) is 0 Å². The van der Waals surface area contributed by atoms with Crippen molar-refractivity contribution in [3.63, 3.8) is 0 Å². The van der Waals surface area contributed by atoms with Gasteiger partial charge in [0.15, 0.2) is 0 Å². The number of nitrogens with zero attached hydrogens (tertiary/aromatic N) is 3. The zero-order chi connectivity index (χ0) is 17.8. The van der Waals surface area contributed by atoms with E-state index in [1.54, 1.807) is 6.20 Å². The number of rotatable bonds is 5. The second kappa shape index (κ2) is 7.34. The molecule has 0 amide bonds. The third kappa shape index (κ3) is 3.97. The quantitative estimate of drug-likeness (QED) is 0.688. The van der Waals surface area contributed by atoms with Crippen LogP contribution in [0.1, 0.15) is 23.6 Å². The predicted molar refractivity (Wildman–Crippen MR) is 105 cm³/mol. The highest BCUT2D eigenvalue weighted by Crippen LogP contribution is 2.26. The second-order valence-electron chi connectivity index (χ2n) is 6.27. The molecule has 4 nitrogen and oxygen atoms in total. The van der Waals surface area contributed by atoms with Gasteiger partial charge in [-0.3, -0.25) is 0 Å². The molecule has 3 rings (SSSR count). The number of benzene rings is 2. The van der Waals surface area contributed by atoms with Gasteiger partial charge in [0.2, 0.25) is 5.95 Å². The minimum atomic E-state index is 0.609. The van der Waals surface area contributed by atoms with Crippen LogP contribution in [0, 0.1) is 20.8 Å². The lowest BCUT2D eigenvalue weighted by Gasteiger charge is -2.23. The molecule has 0 unspecified atom stereocenters. The fourth-order valence-electron chi connectivity index (χ4n) is 2.82. The van der Waals surface area contributed by atoms with Crippen LogP contribution in [0.25, 0.3) is 0 Å². The SMILES string of the molecule is CCN(c1cccc(C)c1)c1ccnc(Nc2cc(C)ccc2C)n1. The Morgan fingerprint density at radius 3 is 2.52 bits per heavy atom. The Morgan fingerprint density at radius 1 is 0.960 bits per heavy atom. The highest BCUT2D eigenvalue weighted by atomic mass is 15.2. The van der Waals surface area contributed by atoms with Crippen molar-refractivity contribution < 1.29 is 0 Å². The molecule has 0 aliphatic rings. The van der Waals surface area contributed by atoms with Crippen LogP contribution in [0.2, 0.25) is 0 Å². The summed E-state index contributed by atoms with van der Waals surface area (Å²) in [5.41, 5.74) is 5.79. The molecular formula is C21H24N4. The fraction of sp³-hybridized carbons (Fsp3) is 0.238. The van der Waals surface area contributed by atoms with Crippen molar-refractivity contribution >= 4 is 23.1 Å². The van der Waals surface area contributed by atoms with Crippen LogP contribution < -0.4 is 10.2 Å². The average Bonchev–Trinajstić information content (AvgIpc) is 2.59. The molecule has 2 aromatic carbocycles. The Hall–Kier alpha value is -2.88. The summed E-state index contributed by atoms with van der Waals surface area (Å²) in [4.78, 5) is 11.3. The Bertz CT molecular complexity index is 873. The van der Waals surface area contributed by atoms with Gasteiger partial charge >= 0.3 is 0 Å². The Morgan fingerprint density at radius 2 is 1.76 bits per heavy atom. The van der Waals surface area contributed by atoms with Gasteiger partial charge in [0.1, 0.15) is 5.82 Å². The van der Waals surface area contributed by atoms with Crippen molar-refractivity contribution in [3.8, 4) is 0 Å². The third-order valence-electron chi connectivity index (χ3n) is 4.19. The summed E-state index contributed by atoms with van der Waals surface area (Å²) in [6.07, 6.45) is 1.80. The maximum atomic E-state index is 4.72. The van der Waals surface area contributed by atoms with Crippen LogP contribution in [-0.4, -0.2) is 16.5 Å². The van der Waals surface area contributed by atoms with Gasteiger partial charge in [-0.2, -0.15) is 4.98 Å². The van der Waals surface area contributed by atoms with Gasteiger partial charge in [-0.1, -0.05) is 24.3 Å². The van der Waals surface area contributed by atoms with Crippen LogP contribution in [0.3, 0.4) is 0 Å². The van der Waals surface area contributed by atoms with Gasteiger partial charge < -0.3 is 10.2 Å². The summed E-state index contributed by atoms with van der Waals surface area (Å²) in [5.74, 6) is 1.49. The van der Waals surface area contributed by atoms with E-state index in [0.717, 1.165) is 23.7 Å². The molecule has 0 aliphatic carbocycles. The molecule has 0 atom stereocenters. The lowest BCUT2D eigenvalue weighted by molar-refractivity contribution is 0.977. The van der Waals surface area contributed by atoms with Crippen LogP contribution in [0.15, 0.2) is 54.7 Å². The topological polar surface area (TPSA) is 41.1 Å². The predicted octanol–water partition coefficient (Wildman–Crippen LogP) is 5.30. The van der Waals surface area contributed by atoms with Crippen LogP contribution in [-0.2, 0) is 0 Å². The smallest absolute Gasteiger partial charge is 0.229 e. The number of anilines is 4. The molecule has 0 saturated heterocycles. The molecule has 1 N–H and O–H groups in total. The van der Waals surface area contributed by atoms with Crippen molar-refractivity contribution in [1.82, 2.24) is 9.97 Å². The number of hydrogen-bond acceptors (Lipinski definition) is 4. The average molecular weight is 332 g/mol. The van der Waals surface area contributed by atoms with E-state index in [-0.39, 0.29) is 0 Å². The first-order chi connectivity index (χ1) is 12.1. The van der Waals surface area contributed by atoms with E-state index in [1.165, 1.54) is 16.7 Å². The van der Waals surface area contributed by atoms with E-state index in [9.17, 15) is 0 Å². The van der Waals surface area contributed by atoms with Gasteiger partial charge in [-0.15, -0.1) is 0 Å². The first-order valence-corrected chi connectivity index (χ1v) is 8.58. The molecule has 1 heterocycles. The number of aromatic nitrogens is 2. The van der Waals surface area contributed by atoms with Crippen molar-refractivity contribution in [2.24, 2.45) is 0 Å². The lowest BCUT2D eigenvalue weighted by atomic mass is 10.1. The normalized spacial score (nSPS) is 10.6. The Labute approximate surface area is 149 Å². The molecule has 0 aliphatic heterocycles. The van der Waals surface area contributed by atoms with Crippen molar-refractivity contribution in [1.29, 1.82) is 0 Å². The molecule has 0 bridgehead atoms. The highest BCUT2D eigenvalue weighted by molar-refractivity contribution is 5.64. The first kappa shape index (κ1) is 17.0. The van der Waals surface area contributed by atoms with E-state index in [0.29, 0.717) is 5.95 Å². The molecular weight excluding hydrogens is 308 g/mol. The molecule has 128 valence electrons. The van der Waals surface area contributed by atoms with Crippen molar-refractivity contribution in [3.05, 3.63) is 71.4 Å². The number of hydrogen-bond donors (Lipinski definition) is 1. The monoisotopic (exact) mass is 332 g/mol. The zero-order valence-electron chi connectivity index (χ0n) is 15.2. The van der Waals surface area contributed by atoms with Crippen molar-refractivity contribution in [2.45, 2.75) is 27.7 Å². The van der Waals surface area contributed by atoms with Gasteiger partial charge in [-0.05, 0) is 68.7 Å². The van der Waals surface area contributed by atoms with E-state index in [2.05, 4.69) is 85.4 Å².